The molecule has 7 aromatic rings. The molecule has 7 rings (SSSR count). The van der Waals surface area contributed by atoms with Crippen LogP contribution in [0.1, 0.15) is 69.5 Å². The number of rotatable bonds is 12. The summed E-state index contributed by atoms with van der Waals surface area (Å²) in [7, 11) is 0. The van der Waals surface area contributed by atoms with E-state index >= 15 is 0 Å². The van der Waals surface area contributed by atoms with Crippen LogP contribution in [0.15, 0.2) is 158 Å². The minimum absolute atomic E-state index is 0.977. The summed E-state index contributed by atoms with van der Waals surface area (Å²) in [4.78, 5) is 4.80. The number of hydrogen-bond donors (Lipinski definition) is 0. The predicted octanol–water partition coefficient (Wildman–Crippen LogP) is 15.3. The Labute approximate surface area is 334 Å². The van der Waals surface area contributed by atoms with Gasteiger partial charge in [-0.25, -0.2) is 0 Å². The Morgan fingerprint density at radius 3 is 0.893 bits per heavy atom. The lowest BCUT2D eigenvalue weighted by Gasteiger charge is -2.29. The van der Waals surface area contributed by atoms with Crippen LogP contribution in [0, 0.1) is 27.7 Å². The molecule has 0 amide bonds. The first-order valence-corrected chi connectivity index (χ1v) is 19.9. The molecule has 0 bridgehead atoms. The molecule has 0 aliphatic carbocycles. The summed E-state index contributed by atoms with van der Waals surface area (Å²) < 4.78 is 0. The quantitative estimate of drug-likeness (QED) is 0.116. The zero-order valence-electron chi connectivity index (χ0n) is 33.6. The number of aryl methyl sites for hydroxylation is 6. The Balaban J connectivity index is 1.05. The standard InChI is InChI=1S/C54H52N2/c1-7-47-13-9-11-41(5)53(47)55(49-31-15-39(3)16-32-49)51-35-27-45(28-36-51)25-23-43-19-21-44(22-20-43)24-26-46-29-37-52(38-30-46)56(50-33-17-40(4)18-34-50)54-42(6)12-10-14-48(54)8-2/h9-38H,7-8H2,1-6H3/b25-23+,26-24+. The molecular formula is C54H52N2. The van der Waals surface area contributed by atoms with E-state index in [0.717, 1.165) is 24.2 Å². The SMILES string of the molecule is CCc1cccc(C)c1N(c1ccc(C)cc1)c1ccc(/C=C/c2ccc(/C=C/c3ccc(N(c4ccc(C)cc4)c4c(C)cccc4CC)cc3)cc2)cc1. The fourth-order valence-corrected chi connectivity index (χ4v) is 7.42. The van der Waals surface area contributed by atoms with E-state index in [2.05, 4.69) is 233 Å². The largest absolute Gasteiger partial charge is 0.310 e. The second kappa shape index (κ2) is 17.4. The van der Waals surface area contributed by atoms with Crippen molar-refractivity contribution in [3.63, 3.8) is 0 Å². The topological polar surface area (TPSA) is 6.48 Å². The molecule has 0 heterocycles. The smallest absolute Gasteiger partial charge is 0.0522 e. The van der Waals surface area contributed by atoms with Gasteiger partial charge < -0.3 is 9.80 Å². The van der Waals surface area contributed by atoms with Gasteiger partial charge in [-0.3, -0.25) is 0 Å². The van der Waals surface area contributed by atoms with Crippen LogP contribution in [-0.2, 0) is 12.8 Å². The van der Waals surface area contributed by atoms with Gasteiger partial charge in [0, 0.05) is 22.7 Å². The molecule has 0 unspecified atom stereocenters. The molecule has 0 atom stereocenters. The van der Waals surface area contributed by atoms with Gasteiger partial charge in [0.25, 0.3) is 0 Å². The minimum Gasteiger partial charge on any atom is -0.310 e. The number of nitrogens with zero attached hydrogens (tertiary/aromatic N) is 2. The molecular weight excluding hydrogens is 677 g/mol. The van der Waals surface area contributed by atoms with Crippen LogP contribution in [0.25, 0.3) is 24.3 Å². The van der Waals surface area contributed by atoms with Crippen molar-refractivity contribution in [3.05, 3.63) is 213 Å². The van der Waals surface area contributed by atoms with Crippen molar-refractivity contribution < 1.29 is 0 Å². The minimum atomic E-state index is 0.977. The average Bonchev–Trinajstić information content (AvgIpc) is 3.23. The van der Waals surface area contributed by atoms with Crippen LogP contribution in [0.3, 0.4) is 0 Å². The zero-order chi connectivity index (χ0) is 39.0. The molecule has 0 spiro atoms. The van der Waals surface area contributed by atoms with Gasteiger partial charge >= 0.3 is 0 Å². The molecule has 0 radical (unpaired) electrons. The number of benzene rings is 7. The summed E-state index contributed by atoms with van der Waals surface area (Å²) in [6.45, 7) is 13.2. The van der Waals surface area contributed by atoms with Gasteiger partial charge in [0.15, 0.2) is 0 Å². The first kappa shape index (κ1) is 37.9. The Hall–Kier alpha value is -6.38. The Kier molecular flexibility index (Phi) is 11.8. The maximum absolute atomic E-state index is 2.40. The van der Waals surface area contributed by atoms with E-state index < -0.39 is 0 Å². The Morgan fingerprint density at radius 2 is 0.607 bits per heavy atom. The van der Waals surface area contributed by atoms with Gasteiger partial charge in [-0.15, -0.1) is 0 Å². The molecule has 56 heavy (non-hydrogen) atoms. The van der Waals surface area contributed by atoms with Crippen LogP contribution >= 0.6 is 0 Å². The molecule has 0 saturated heterocycles. The van der Waals surface area contributed by atoms with Gasteiger partial charge in [0.05, 0.1) is 11.4 Å². The molecule has 0 aliphatic heterocycles. The molecule has 2 heteroatoms. The third kappa shape index (κ3) is 8.61. The van der Waals surface area contributed by atoms with E-state index in [1.807, 2.05) is 0 Å². The van der Waals surface area contributed by atoms with E-state index in [9.17, 15) is 0 Å². The van der Waals surface area contributed by atoms with Gasteiger partial charge in [0.2, 0.25) is 0 Å². The maximum atomic E-state index is 2.40. The van der Waals surface area contributed by atoms with E-state index in [4.69, 9.17) is 0 Å². The third-order valence-corrected chi connectivity index (χ3v) is 10.6. The van der Waals surface area contributed by atoms with Crippen LogP contribution in [0.5, 0.6) is 0 Å². The summed E-state index contributed by atoms with van der Waals surface area (Å²) in [6.07, 6.45) is 10.7. The highest BCUT2D eigenvalue weighted by Gasteiger charge is 2.19. The predicted molar refractivity (Wildman–Crippen MR) is 244 cm³/mol. The number of hydrogen-bond acceptors (Lipinski definition) is 2. The number of para-hydroxylation sites is 2. The van der Waals surface area contributed by atoms with Crippen molar-refractivity contribution in [2.45, 2.75) is 54.4 Å². The van der Waals surface area contributed by atoms with Crippen LogP contribution in [-0.4, -0.2) is 0 Å². The molecule has 278 valence electrons. The second-order valence-electron chi connectivity index (χ2n) is 14.7. The molecule has 0 aromatic heterocycles. The maximum Gasteiger partial charge on any atom is 0.0522 e. The Bertz CT molecular complexity index is 2260. The molecule has 0 aliphatic rings. The van der Waals surface area contributed by atoms with E-state index in [0.29, 0.717) is 0 Å². The first-order valence-electron chi connectivity index (χ1n) is 19.9. The van der Waals surface area contributed by atoms with E-state index in [1.54, 1.807) is 0 Å². The highest BCUT2D eigenvalue weighted by molar-refractivity contribution is 5.83. The summed E-state index contributed by atoms with van der Waals surface area (Å²) in [5.41, 5.74) is 19.6. The van der Waals surface area contributed by atoms with Crippen molar-refractivity contribution in [2.24, 2.45) is 0 Å². The lowest BCUT2D eigenvalue weighted by atomic mass is 10.0. The van der Waals surface area contributed by atoms with Crippen molar-refractivity contribution in [1.82, 2.24) is 0 Å². The van der Waals surface area contributed by atoms with Gasteiger partial charge in [-0.2, -0.15) is 0 Å². The highest BCUT2D eigenvalue weighted by Crippen LogP contribution is 2.41. The van der Waals surface area contributed by atoms with Gasteiger partial charge in [-0.1, -0.05) is 158 Å². The molecule has 0 saturated carbocycles. The molecule has 7 aromatic carbocycles. The summed E-state index contributed by atoms with van der Waals surface area (Å²) in [5.74, 6) is 0. The second-order valence-corrected chi connectivity index (χ2v) is 14.7. The van der Waals surface area contributed by atoms with E-state index in [1.165, 1.54) is 78.4 Å². The number of anilines is 6. The fourth-order valence-electron chi connectivity index (χ4n) is 7.42. The van der Waals surface area contributed by atoms with Crippen LogP contribution in [0.2, 0.25) is 0 Å². The van der Waals surface area contributed by atoms with E-state index in [-0.39, 0.29) is 0 Å². The van der Waals surface area contributed by atoms with Crippen molar-refractivity contribution in [1.29, 1.82) is 0 Å². The van der Waals surface area contributed by atoms with Crippen molar-refractivity contribution in [2.75, 3.05) is 9.80 Å². The van der Waals surface area contributed by atoms with Crippen molar-refractivity contribution >= 4 is 58.4 Å². The fraction of sp³-hybridized carbons (Fsp3) is 0.148. The molecule has 0 fully saturated rings. The Morgan fingerprint density at radius 1 is 0.339 bits per heavy atom. The zero-order valence-corrected chi connectivity index (χ0v) is 33.6. The van der Waals surface area contributed by atoms with Gasteiger partial charge in [-0.05, 0) is 134 Å². The summed E-state index contributed by atoms with van der Waals surface area (Å²) in [6, 6.07) is 57.4. The summed E-state index contributed by atoms with van der Waals surface area (Å²) >= 11 is 0. The first-order chi connectivity index (χ1) is 27.3. The monoisotopic (exact) mass is 728 g/mol. The average molecular weight is 729 g/mol. The highest BCUT2D eigenvalue weighted by atomic mass is 15.2. The lowest BCUT2D eigenvalue weighted by molar-refractivity contribution is 1.10. The van der Waals surface area contributed by atoms with Crippen LogP contribution in [0.4, 0.5) is 34.1 Å². The van der Waals surface area contributed by atoms with Crippen molar-refractivity contribution in [3.8, 4) is 0 Å². The normalized spacial score (nSPS) is 11.4. The lowest BCUT2D eigenvalue weighted by Crippen LogP contribution is -2.13. The molecule has 2 nitrogen and oxygen atoms in total. The molecule has 0 N–H and O–H groups in total. The third-order valence-electron chi connectivity index (χ3n) is 10.6. The summed E-state index contributed by atoms with van der Waals surface area (Å²) in [5, 5.41) is 0. The van der Waals surface area contributed by atoms with Gasteiger partial charge in [0.1, 0.15) is 0 Å². The van der Waals surface area contributed by atoms with Crippen LogP contribution < -0.4 is 9.80 Å².